The van der Waals surface area contributed by atoms with E-state index in [9.17, 15) is 0 Å². The largest absolute Gasteiger partial charge is 0.312 e. The van der Waals surface area contributed by atoms with E-state index in [1.54, 1.807) is 0 Å². The molecule has 17 heavy (non-hydrogen) atoms. The van der Waals surface area contributed by atoms with Crippen molar-refractivity contribution in [1.29, 1.82) is 0 Å². The van der Waals surface area contributed by atoms with Crippen molar-refractivity contribution in [1.82, 2.24) is 15.1 Å². The van der Waals surface area contributed by atoms with Crippen LogP contribution in [0.4, 0.5) is 0 Å². The molecule has 0 radical (unpaired) electrons. The molecule has 2 heterocycles. The number of hydrogen-bond acceptors (Lipinski definition) is 3. The quantitative estimate of drug-likeness (QED) is 0.883. The van der Waals surface area contributed by atoms with E-state index in [4.69, 9.17) is 0 Å². The van der Waals surface area contributed by atoms with Crippen LogP contribution in [-0.4, -0.2) is 16.8 Å². The Hall–Kier alpha value is -1.13. The number of nitrogens with zero attached hydrogens (tertiary/aromatic N) is 2. The van der Waals surface area contributed by atoms with E-state index in [1.807, 2.05) is 29.3 Å². The number of likely N-dealkylation sites (N-methyl/N-ethyl adjacent to an activating group) is 1. The van der Waals surface area contributed by atoms with Gasteiger partial charge in [0.25, 0.3) is 0 Å². The third kappa shape index (κ3) is 2.96. The monoisotopic (exact) mass is 249 g/mol. The topological polar surface area (TPSA) is 29.9 Å². The SMILES string of the molecule is CCn1cc(CC(NC)c2ccc(C)s2)cn1. The van der Waals surface area contributed by atoms with Gasteiger partial charge in [0.2, 0.25) is 0 Å². The zero-order chi connectivity index (χ0) is 12.3. The van der Waals surface area contributed by atoms with Gasteiger partial charge in [0.1, 0.15) is 0 Å². The number of hydrogen-bond donors (Lipinski definition) is 1. The molecule has 0 aromatic carbocycles. The lowest BCUT2D eigenvalue weighted by atomic mass is 10.1. The van der Waals surface area contributed by atoms with Crippen LogP contribution in [0.25, 0.3) is 0 Å². The van der Waals surface area contributed by atoms with E-state index in [1.165, 1.54) is 15.3 Å². The maximum Gasteiger partial charge on any atom is 0.0522 e. The van der Waals surface area contributed by atoms with Crippen molar-refractivity contribution in [3.05, 3.63) is 39.8 Å². The summed E-state index contributed by atoms with van der Waals surface area (Å²) in [5.41, 5.74) is 1.29. The molecular formula is C13H19N3S. The molecule has 1 atom stereocenters. The summed E-state index contributed by atoms with van der Waals surface area (Å²) in [6, 6.07) is 4.79. The summed E-state index contributed by atoms with van der Waals surface area (Å²) < 4.78 is 1.97. The van der Waals surface area contributed by atoms with E-state index in [0.29, 0.717) is 6.04 Å². The van der Waals surface area contributed by atoms with Crippen LogP contribution in [0.3, 0.4) is 0 Å². The van der Waals surface area contributed by atoms with Gasteiger partial charge in [-0.25, -0.2) is 0 Å². The first-order valence-electron chi connectivity index (χ1n) is 5.98. The average Bonchev–Trinajstić information content (AvgIpc) is 2.94. The predicted octanol–water partition coefficient (Wildman–Crippen LogP) is 2.78. The normalized spacial score (nSPS) is 12.9. The minimum absolute atomic E-state index is 0.392. The van der Waals surface area contributed by atoms with Crippen molar-refractivity contribution >= 4 is 11.3 Å². The Morgan fingerprint density at radius 1 is 1.47 bits per heavy atom. The second kappa shape index (κ2) is 5.47. The molecule has 0 aliphatic heterocycles. The number of nitrogens with one attached hydrogen (secondary N) is 1. The summed E-state index contributed by atoms with van der Waals surface area (Å²) in [6.07, 6.45) is 5.09. The van der Waals surface area contributed by atoms with Crippen molar-refractivity contribution in [3.63, 3.8) is 0 Å². The Bertz CT molecular complexity index is 472. The highest BCUT2D eigenvalue weighted by atomic mass is 32.1. The Morgan fingerprint density at radius 2 is 2.29 bits per heavy atom. The lowest BCUT2D eigenvalue weighted by molar-refractivity contribution is 0.600. The number of rotatable bonds is 5. The summed E-state index contributed by atoms with van der Waals surface area (Å²) in [6.45, 7) is 5.19. The molecule has 0 aliphatic carbocycles. The van der Waals surface area contributed by atoms with Crippen LogP contribution in [0.2, 0.25) is 0 Å². The first-order chi connectivity index (χ1) is 8.22. The van der Waals surface area contributed by atoms with Gasteiger partial charge in [0.15, 0.2) is 0 Å². The molecule has 2 rings (SSSR count). The fourth-order valence-electron chi connectivity index (χ4n) is 1.91. The lowest BCUT2D eigenvalue weighted by Crippen LogP contribution is -2.17. The number of thiophene rings is 1. The molecule has 0 fully saturated rings. The van der Waals surface area contributed by atoms with E-state index in [0.717, 1.165) is 13.0 Å². The van der Waals surface area contributed by atoms with Crippen molar-refractivity contribution in [2.24, 2.45) is 0 Å². The molecule has 0 bridgehead atoms. The smallest absolute Gasteiger partial charge is 0.0522 e. The van der Waals surface area contributed by atoms with Gasteiger partial charge >= 0.3 is 0 Å². The van der Waals surface area contributed by atoms with E-state index in [-0.39, 0.29) is 0 Å². The van der Waals surface area contributed by atoms with Crippen LogP contribution in [0.5, 0.6) is 0 Å². The second-order valence-electron chi connectivity index (χ2n) is 4.20. The molecule has 0 saturated heterocycles. The zero-order valence-electron chi connectivity index (χ0n) is 10.6. The summed E-state index contributed by atoms with van der Waals surface area (Å²) >= 11 is 1.86. The molecular weight excluding hydrogens is 230 g/mol. The minimum Gasteiger partial charge on any atom is -0.312 e. The van der Waals surface area contributed by atoms with Crippen molar-refractivity contribution in [2.75, 3.05) is 7.05 Å². The van der Waals surface area contributed by atoms with Gasteiger partial charge in [0, 0.05) is 28.5 Å². The molecule has 4 heteroatoms. The van der Waals surface area contributed by atoms with Crippen LogP contribution in [0, 0.1) is 6.92 Å². The number of aryl methyl sites for hydroxylation is 2. The van der Waals surface area contributed by atoms with Crippen molar-refractivity contribution in [3.8, 4) is 0 Å². The molecule has 1 N–H and O–H groups in total. The molecule has 3 nitrogen and oxygen atoms in total. The van der Waals surface area contributed by atoms with Gasteiger partial charge in [-0.1, -0.05) is 0 Å². The predicted molar refractivity (Wildman–Crippen MR) is 72.5 cm³/mol. The summed E-state index contributed by atoms with van der Waals surface area (Å²) in [5, 5.41) is 7.69. The molecule has 0 spiro atoms. The first-order valence-corrected chi connectivity index (χ1v) is 6.79. The summed E-state index contributed by atoms with van der Waals surface area (Å²) in [4.78, 5) is 2.76. The average molecular weight is 249 g/mol. The van der Waals surface area contributed by atoms with Gasteiger partial charge in [0.05, 0.1) is 6.20 Å². The third-order valence-corrected chi connectivity index (χ3v) is 4.02. The maximum atomic E-state index is 4.31. The summed E-state index contributed by atoms with van der Waals surface area (Å²) in [7, 11) is 2.02. The Morgan fingerprint density at radius 3 is 2.82 bits per heavy atom. The van der Waals surface area contributed by atoms with E-state index >= 15 is 0 Å². The van der Waals surface area contributed by atoms with Gasteiger partial charge in [-0.05, 0) is 45.0 Å². The highest BCUT2D eigenvalue weighted by Gasteiger charge is 2.12. The molecule has 2 aromatic heterocycles. The highest BCUT2D eigenvalue weighted by Crippen LogP contribution is 2.25. The number of aromatic nitrogens is 2. The fraction of sp³-hybridized carbons (Fsp3) is 0.462. The zero-order valence-corrected chi connectivity index (χ0v) is 11.4. The van der Waals surface area contributed by atoms with Gasteiger partial charge in [-0.3, -0.25) is 4.68 Å². The van der Waals surface area contributed by atoms with Crippen molar-refractivity contribution in [2.45, 2.75) is 32.9 Å². The molecule has 0 saturated carbocycles. The Balaban J connectivity index is 2.09. The Kier molecular flexibility index (Phi) is 3.97. The maximum absolute atomic E-state index is 4.31. The van der Waals surface area contributed by atoms with Crippen LogP contribution in [0.1, 0.15) is 28.3 Å². The fourth-order valence-corrected chi connectivity index (χ4v) is 2.89. The van der Waals surface area contributed by atoms with Gasteiger partial charge < -0.3 is 5.32 Å². The van der Waals surface area contributed by atoms with Crippen LogP contribution in [-0.2, 0) is 13.0 Å². The standard InChI is InChI=1S/C13H19N3S/c1-4-16-9-11(8-15-16)7-12(14-3)13-6-5-10(2)17-13/h5-6,8-9,12,14H,4,7H2,1-3H3. The Labute approximate surface area is 106 Å². The summed E-state index contributed by atoms with van der Waals surface area (Å²) in [5.74, 6) is 0. The minimum atomic E-state index is 0.392. The van der Waals surface area contributed by atoms with E-state index in [2.05, 4.69) is 42.6 Å². The van der Waals surface area contributed by atoms with Gasteiger partial charge in [-0.15, -0.1) is 11.3 Å². The van der Waals surface area contributed by atoms with Crippen molar-refractivity contribution < 1.29 is 0 Å². The molecule has 92 valence electrons. The molecule has 0 amide bonds. The second-order valence-corrected chi connectivity index (χ2v) is 5.52. The van der Waals surface area contributed by atoms with Crippen LogP contribution in [0.15, 0.2) is 24.5 Å². The van der Waals surface area contributed by atoms with Crippen LogP contribution < -0.4 is 5.32 Å². The third-order valence-electron chi connectivity index (χ3n) is 2.90. The molecule has 2 aromatic rings. The molecule has 0 aliphatic rings. The van der Waals surface area contributed by atoms with E-state index < -0.39 is 0 Å². The first kappa shape index (κ1) is 12.3. The highest BCUT2D eigenvalue weighted by molar-refractivity contribution is 7.12. The van der Waals surface area contributed by atoms with Gasteiger partial charge in [-0.2, -0.15) is 5.10 Å². The molecule has 1 unspecified atom stereocenters. The lowest BCUT2D eigenvalue weighted by Gasteiger charge is -2.13. The van der Waals surface area contributed by atoms with Crippen LogP contribution >= 0.6 is 11.3 Å².